The lowest BCUT2D eigenvalue weighted by atomic mass is 9.69. The number of esters is 1. The highest BCUT2D eigenvalue weighted by molar-refractivity contribution is 9.10. The molecule has 116 valence electrons. The van der Waals surface area contributed by atoms with Crippen LogP contribution in [0.2, 0.25) is 0 Å². The molecular formula is C17H24BrNO2. The van der Waals surface area contributed by atoms with Crippen molar-refractivity contribution in [1.29, 1.82) is 0 Å². The zero-order valence-electron chi connectivity index (χ0n) is 13.0. The number of carbonyl (C=O) groups excluding carboxylic acids is 1. The van der Waals surface area contributed by atoms with E-state index in [-0.39, 0.29) is 11.9 Å². The number of hydrogen-bond acceptors (Lipinski definition) is 3. The zero-order valence-corrected chi connectivity index (χ0v) is 14.6. The van der Waals surface area contributed by atoms with Gasteiger partial charge in [0.25, 0.3) is 0 Å². The highest BCUT2D eigenvalue weighted by atomic mass is 79.9. The third-order valence-corrected chi connectivity index (χ3v) is 4.98. The Balaban J connectivity index is 2.30. The van der Waals surface area contributed by atoms with E-state index >= 15 is 0 Å². The van der Waals surface area contributed by atoms with Crippen LogP contribution >= 0.6 is 15.9 Å². The third kappa shape index (κ3) is 3.60. The number of benzene rings is 1. The van der Waals surface area contributed by atoms with Crippen molar-refractivity contribution in [2.24, 2.45) is 11.8 Å². The minimum Gasteiger partial charge on any atom is -0.464 e. The van der Waals surface area contributed by atoms with E-state index in [1.54, 1.807) is 0 Å². The summed E-state index contributed by atoms with van der Waals surface area (Å²) in [5, 5.41) is 3.49. The molecule has 0 aliphatic heterocycles. The maximum absolute atomic E-state index is 12.7. The molecule has 3 nitrogen and oxygen atoms in total. The molecule has 0 bridgehead atoms. The molecule has 2 rings (SSSR count). The average Bonchev–Trinajstić information content (AvgIpc) is 2.45. The van der Waals surface area contributed by atoms with Crippen molar-refractivity contribution in [3.8, 4) is 0 Å². The average molecular weight is 354 g/mol. The Labute approximate surface area is 135 Å². The van der Waals surface area contributed by atoms with Crippen LogP contribution in [-0.4, -0.2) is 18.1 Å². The molecule has 0 heterocycles. The van der Waals surface area contributed by atoms with Crippen LogP contribution in [0.25, 0.3) is 0 Å². The van der Waals surface area contributed by atoms with E-state index in [4.69, 9.17) is 4.74 Å². The van der Waals surface area contributed by atoms with Crippen LogP contribution in [0.3, 0.4) is 0 Å². The van der Waals surface area contributed by atoms with Crippen LogP contribution in [0, 0.1) is 11.8 Å². The van der Waals surface area contributed by atoms with E-state index < -0.39 is 5.54 Å². The molecule has 3 unspecified atom stereocenters. The first-order valence-electron chi connectivity index (χ1n) is 7.69. The van der Waals surface area contributed by atoms with Crippen LogP contribution in [0.4, 0.5) is 5.69 Å². The molecule has 1 N–H and O–H groups in total. The molecule has 4 heteroatoms. The summed E-state index contributed by atoms with van der Waals surface area (Å²) in [6, 6.07) is 7.96. The van der Waals surface area contributed by atoms with Crippen molar-refractivity contribution in [1.82, 2.24) is 0 Å². The molecule has 0 spiro atoms. The van der Waals surface area contributed by atoms with E-state index in [0.717, 1.165) is 23.0 Å². The predicted octanol–water partition coefficient (Wildman–Crippen LogP) is 4.62. The van der Waals surface area contributed by atoms with Gasteiger partial charge in [0.2, 0.25) is 0 Å². The highest BCUT2D eigenvalue weighted by Crippen LogP contribution is 2.40. The molecule has 1 aliphatic carbocycles. The fraction of sp³-hybridized carbons (Fsp3) is 0.588. The Morgan fingerprint density at radius 3 is 2.62 bits per heavy atom. The van der Waals surface area contributed by atoms with E-state index in [0.29, 0.717) is 12.5 Å². The Kier molecular flexibility index (Phi) is 5.31. The monoisotopic (exact) mass is 353 g/mol. The lowest BCUT2D eigenvalue weighted by Gasteiger charge is -2.44. The molecule has 21 heavy (non-hydrogen) atoms. The van der Waals surface area contributed by atoms with Gasteiger partial charge in [-0.1, -0.05) is 36.2 Å². The molecule has 1 fully saturated rings. The van der Waals surface area contributed by atoms with E-state index in [2.05, 4.69) is 35.1 Å². The van der Waals surface area contributed by atoms with Gasteiger partial charge in [0.1, 0.15) is 5.54 Å². The number of ether oxygens (including phenoxy) is 1. The second-order valence-corrected chi connectivity index (χ2v) is 7.03. The maximum Gasteiger partial charge on any atom is 0.332 e. The summed E-state index contributed by atoms with van der Waals surface area (Å²) in [7, 11) is 0. The van der Waals surface area contributed by atoms with Crippen LogP contribution in [0.1, 0.15) is 40.0 Å². The van der Waals surface area contributed by atoms with Gasteiger partial charge in [0, 0.05) is 10.2 Å². The quantitative estimate of drug-likeness (QED) is 0.802. The van der Waals surface area contributed by atoms with Crippen molar-refractivity contribution in [2.75, 3.05) is 11.9 Å². The first-order valence-corrected chi connectivity index (χ1v) is 8.48. The molecule has 1 saturated carbocycles. The molecule has 0 aromatic heterocycles. The van der Waals surface area contributed by atoms with Gasteiger partial charge in [-0.2, -0.15) is 0 Å². The Morgan fingerprint density at radius 1 is 1.33 bits per heavy atom. The summed E-state index contributed by atoms with van der Waals surface area (Å²) in [5.41, 5.74) is 0.355. The molecular weight excluding hydrogens is 330 g/mol. The first-order chi connectivity index (χ1) is 9.98. The Bertz CT molecular complexity index is 488. The van der Waals surface area contributed by atoms with Gasteiger partial charge < -0.3 is 10.1 Å². The van der Waals surface area contributed by atoms with Gasteiger partial charge in [-0.3, -0.25) is 0 Å². The minimum atomic E-state index is -0.610. The smallest absolute Gasteiger partial charge is 0.332 e. The minimum absolute atomic E-state index is 0.119. The van der Waals surface area contributed by atoms with E-state index in [1.807, 2.05) is 31.2 Å². The van der Waals surface area contributed by atoms with Crippen LogP contribution in [-0.2, 0) is 9.53 Å². The lowest BCUT2D eigenvalue weighted by Crippen LogP contribution is -2.55. The first kappa shape index (κ1) is 16.3. The van der Waals surface area contributed by atoms with E-state index in [1.165, 1.54) is 6.42 Å². The second-order valence-electron chi connectivity index (χ2n) is 6.11. The van der Waals surface area contributed by atoms with Gasteiger partial charge in [-0.15, -0.1) is 0 Å². The van der Waals surface area contributed by atoms with Crippen molar-refractivity contribution in [3.63, 3.8) is 0 Å². The van der Waals surface area contributed by atoms with E-state index in [9.17, 15) is 4.79 Å². The molecule has 1 aromatic carbocycles. The summed E-state index contributed by atoms with van der Waals surface area (Å²) in [4.78, 5) is 12.7. The summed E-state index contributed by atoms with van der Waals surface area (Å²) in [5.74, 6) is 0.664. The number of halogens is 1. The van der Waals surface area contributed by atoms with Gasteiger partial charge in [-0.25, -0.2) is 4.79 Å². The van der Waals surface area contributed by atoms with Gasteiger partial charge in [-0.05, 0) is 55.9 Å². The van der Waals surface area contributed by atoms with Gasteiger partial charge in [0.15, 0.2) is 0 Å². The number of hydrogen-bond donors (Lipinski definition) is 1. The zero-order chi connectivity index (χ0) is 15.5. The molecule has 0 amide bonds. The van der Waals surface area contributed by atoms with Crippen molar-refractivity contribution < 1.29 is 9.53 Å². The van der Waals surface area contributed by atoms with Gasteiger partial charge in [0.05, 0.1) is 6.61 Å². The third-order valence-electron chi connectivity index (χ3n) is 4.46. The largest absolute Gasteiger partial charge is 0.464 e. The standard InChI is InChI=1S/C17H24BrNO2/c1-4-21-16(20)17(11-12(2)5-6-13(17)3)19-15-9-7-14(18)8-10-15/h7-10,12-13,19H,4-6,11H2,1-3H3. The summed E-state index contributed by atoms with van der Waals surface area (Å²) in [6.45, 7) is 6.64. The Morgan fingerprint density at radius 2 is 2.00 bits per heavy atom. The van der Waals surface area contributed by atoms with Crippen LogP contribution in [0.5, 0.6) is 0 Å². The number of nitrogens with one attached hydrogen (secondary N) is 1. The molecule has 3 atom stereocenters. The highest BCUT2D eigenvalue weighted by Gasteiger charge is 2.48. The fourth-order valence-corrected chi connectivity index (χ4v) is 3.46. The molecule has 1 aromatic rings. The van der Waals surface area contributed by atoms with Crippen LogP contribution in [0.15, 0.2) is 28.7 Å². The van der Waals surface area contributed by atoms with Crippen molar-refractivity contribution >= 4 is 27.6 Å². The number of anilines is 1. The summed E-state index contributed by atoms with van der Waals surface area (Å²) in [6.07, 6.45) is 3.04. The maximum atomic E-state index is 12.7. The van der Waals surface area contributed by atoms with Crippen LogP contribution < -0.4 is 5.32 Å². The van der Waals surface area contributed by atoms with Crippen molar-refractivity contribution in [2.45, 2.75) is 45.6 Å². The predicted molar refractivity (Wildman–Crippen MR) is 89.3 cm³/mol. The molecule has 0 saturated heterocycles. The summed E-state index contributed by atoms with van der Waals surface area (Å²) < 4.78 is 6.42. The molecule has 0 radical (unpaired) electrons. The topological polar surface area (TPSA) is 38.3 Å². The lowest BCUT2D eigenvalue weighted by molar-refractivity contribution is -0.152. The second kappa shape index (κ2) is 6.82. The number of carbonyl (C=O) groups is 1. The Hall–Kier alpha value is -1.03. The SMILES string of the molecule is CCOC(=O)C1(Nc2ccc(Br)cc2)CC(C)CCC1C. The van der Waals surface area contributed by atoms with Gasteiger partial charge >= 0.3 is 5.97 Å². The number of rotatable bonds is 4. The fourth-order valence-electron chi connectivity index (χ4n) is 3.19. The summed E-state index contributed by atoms with van der Waals surface area (Å²) >= 11 is 3.44. The van der Waals surface area contributed by atoms with Crippen molar-refractivity contribution in [3.05, 3.63) is 28.7 Å². The normalized spacial score (nSPS) is 29.0. The molecule has 1 aliphatic rings.